The van der Waals surface area contributed by atoms with E-state index in [1.165, 1.54) is 5.56 Å². The molecule has 0 radical (unpaired) electrons. The molecule has 0 aliphatic rings. The maximum atomic E-state index is 12.3. The Hall–Kier alpha value is -3.14. The zero-order valence-corrected chi connectivity index (χ0v) is 14.8. The summed E-state index contributed by atoms with van der Waals surface area (Å²) < 4.78 is 5.82. The second-order valence-electron chi connectivity index (χ2n) is 6.16. The molecular weight excluding hydrogens is 324 g/mol. The van der Waals surface area contributed by atoms with E-state index in [2.05, 4.69) is 41.5 Å². The van der Waals surface area contributed by atoms with Crippen LogP contribution in [0.4, 0.5) is 5.82 Å². The van der Waals surface area contributed by atoms with Crippen molar-refractivity contribution >= 4 is 11.7 Å². The summed E-state index contributed by atoms with van der Waals surface area (Å²) in [6.07, 6.45) is 2.74. The molecule has 4 heteroatoms. The van der Waals surface area contributed by atoms with E-state index in [-0.39, 0.29) is 5.91 Å². The van der Waals surface area contributed by atoms with Crippen LogP contribution < -0.4 is 10.1 Å². The van der Waals surface area contributed by atoms with Gasteiger partial charge in [-0.1, -0.05) is 60.2 Å². The SMILES string of the molecule is Cc1ccc(CCC(=O)Nc2ncccc2OCc2ccccc2)cc1. The Morgan fingerprint density at radius 1 is 0.962 bits per heavy atom. The number of pyridine rings is 1. The molecule has 1 N–H and O–H groups in total. The number of carbonyl (C=O) groups excluding carboxylic acids is 1. The Bertz CT molecular complexity index is 846. The molecule has 132 valence electrons. The van der Waals surface area contributed by atoms with Gasteiger partial charge in [0.15, 0.2) is 11.6 Å². The number of carbonyl (C=O) groups is 1. The summed E-state index contributed by atoms with van der Waals surface area (Å²) in [4.78, 5) is 16.5. The van der Waals surface area contributed by atoms with Crippen molar-refractivity contribution in [2.45, 2.75) is 26.4 Å². The van der Waals surface area contributed by atoms with Crippen LogP contribution in [-0.4, -0.2) is 10.9 Å². The first-order valence-corrected chi connectivity index (χ1v) is 8.68. The predicted molar refractivity (Wildman–Crippen MR) is 103 cm³/mol. The van der Waals surface area contributed by atoms with Crippen molar-refractivity contribution < 1.29 is 9.53 Å². The fraction of sp³-hybridized carbons (Fsp3) is 0.182. The maximum Gasteiger partial charge on any atom is 0.225 e. The summed E-state index contributed by atoms with van der Waals surface area (Å²) in [7, 11) is 0. The number of hydrogen-bond donors (Lipinski definition) is 1. The largest absolute Gasteiger partial charge is 0.485 e. The van der Waals surface area contributed by atoms with Gasteiger partial charge < -0.3 is 10.1 Å². The highest BCUT2D eigenvalue weighted by atomic mass is 16.5. The molecule has 0 saturated heterocycles. The highest BCUT2D eigenvalue weighted by Gasteiger charge is 2.09. The summed E-state index contributed by atoms with van der Waals surface area (Å²) >= 11 is 0. The third kappa shape index (κ3) is 5.18. The molecule has 1 aromatic heterocycles. The average Bonchev–Trinajstić information content (AvgIpc) is 2.68. The van der Waals surface area contributed by atoms with Crippen molar-refractivity contribution in [1.29, 1.82) is 0 Å². The standard InChI is InChI=1S/C22H22N2O2/c1-17-9-11-18(12-10-17)13-14-21(25)24-22-20(8-5-15-23-22)26-16-19-6-3-2-4-7-19/h2-12,15H,13-14,16H2,1H3,(H,23,24,25). The van der Waals surface area contributed by atoms with Crippen LogP contribution in [0.25, 0.3) is 0 Å². The number of hydrogen-bond acceptors (Lipinski definition) is 3. The maximum absolute atomic E-state index is 12.3. The van der Waals surface area contributed by atoms with Gasteiger partial charge in [0.25, 0.3) is 0 Å². The molecule has 3 rings (SSSR count). The van der Waals surface area contributed by atoms with E-state index in [1.807, 2.05) is 36.4 Å². The fourth-order valence-electron chi connectivity index (χ4n) is 2.54. The van der Waals surface area contributed by atoms with Crippen molar-refractivity contribution in [3.63, 3.8) is 0 Å². The third-order valence-electron chi connectivity index (χ3n) is 4.03. The van der Waals surface area contributed by atoms with E-state index in [1.54, 1.807) is 12.3 Å². The van der Waals surface area contributed by atoms with E-state index >= 15 is 0 Å². The normalized spacial score (nSPS) is 10.3. The Morgan fingerprint density at radius 2 is 1.73 bits per heavy atom. The molecule has 0 spiro atoms. The van der Waals surface area contributed by atoms with Crippen LogP contribution in [-0.2, 0) is 17.8 Å². The minimum atomic E-state index is -0.0752. The van der Waals surface area contributed by atoms with Gasteiger partial charge in [-0.2, -0.15) is 0 Å². The minimum absolute atomic E-state index is 0.0752. The lowest BCUT2D eigenvalue weighted by atomic mass is 10.1. The van der Waals surface area contributed by atoms with Gasteiger partial charge in [-0.25, -0.2) is 4.98 Å². The smallest absolute Gasteiger partial charge is 0.225 e. The number of ether oxygens (including phenoxy) is 1. The number of amides is 1. The molecule has 26 heavy (non-hydrogen) atoms. The monoisotopic (exact) mass is 346 g/mol. The van der Waals surface area contributed by atoms with E-state index in [9.17, 15) is 4.79 Å². The van der Waals surface area contributed by atoms with Gasteiger partial charge in [0, 0.05) is 12.6 Å². The highest BCUT2D eigenvalue weighted by Crippen LogP contribution is 2.22. The highest BCUT2D eigenvalue weighted by molar-refractivity contribution is 5.91. The molecule has 3 aromatic rings. The van der Waals surface area contributed by atoms with Crippen molar-refractivity contribution in [3.8, 4) is 5.75 Å². The van der Waals surface area contributed by atoms with E-state index in [0.29, 0.717) is 31.0 Å². The van der Waals surface area contributed by atoms with Crippen molar-refractivity contribution in [2.75, 3.05) is 5.32 Å². The topological polar surface area (TPSA) is 51.2 Å². The molecule has 0 atom stereocenters. The summed E-state index contributed by atoms with van der Waals surface area (Å²) in [5, 5.41) is 2.85. The van der Waals surface area contributed by atoms with E-state index in [4.69, 9.17) is 4.74 Å². The second-order valence-corrected chi connectivity index (χ2v) is 6.16. The summed E-state index contributed by atoms with van der Waals surface area (Å²) in [6.45, 7) is 2.48. The quantitative estimate of drug-likeness (QED) is 0.683. The Kier molecular flexibility index (Phi) is 5.99. The van der Waals surface area contributed by atoms with Crippen LogP contribution in [0.5, 0.6) is 5.75 Å². The van der Waals surface area contributed by atoms with Gasteiger partial charge in [0.2, 0.25) is 5.91 Å². The first-order chi connectivity index (χ1) is 12.7. The average molecular weight is 346 g/mol. The first-order valence-electron chi connectivity index (χ1n) is 8.68. The van der Waals surface area contributed by atoms with Gasteiger partial charge in [0.05, 0.1) is 0 Å². The van der Waals surface area contributed by atoms with E-state index in [0.717, 1.165) is 11.1 Å². The Morgan fingerprint density at radius 3 is 2.50 bits per heavy atom. The van der Waals surface area contributed by atoms with Gasteiger partial charge in [-0.05, 0) is 36.6 Å². The number of aromatic nitrogens is 1. The molecule has 4 nitrogen and oxygen atoms in total. The summed E-state index contributed by atoms with van der Waals surface area (Å²) in [6, 6.07) is 21.7. The second kappa shape index (κ2) is 8.81. The Labute approximate surface area is 153 Å². The van der Waals surface area contributed by atoms with Crippen LogP contribution in [0.15, 0.2) is 72.9 Å². The lowest BCUT2D eigenvalue weighted by Crippen LogP contribution is -2.14. The first kappa shape index (κ1) is 17.7. The molecule has 0 fully saturated rings. The lowest BCUT2D eigenvalue weighted by molar-refractivity contribution is -0.116. The summed E-state index contributed by atoms with van der Waals surface area (Å²) in [5.41, 5.74) is 3.42. The van der Waals surface area contributed by atoms with Crippen LogP contribution in [0.2, 0.25) is 0 Å². The van der Waals surface area contributed by atoms with Gasteiger partial charge in [-0.15, -0.1) is 0 Å². The lowest BCUT2D eigenvalue weighted by Gasteiger charge is -2.11. The van der Waals surface area contributed by atoms with E-state index < -0.39 is 0 Å². The van der Waals surface area contributed by atoms with Gasteiger partial charge >= 0.3 is 0 Å². The molecule has 0 aliphatic carbocycles. The molecule has 1 heterocycles. The molecule has 0 unspecified atom stereocenters. The fourth-order valence-corrected chi connectivity index (χ4v) is 2.54. The molecule has 0 bridgehead atoms. The van der Waals surface area contributed by atoms with Crippen LogP contribution in [0, 0.1) is 6.92 Å². The number of rotatable bonds is 7. The number of nitrogens with one attached hydrogen (secondary N) is 1. The minimum Gasteiger partial charge on any atom is -0.485 e. The number of benzene rings is 2. The van der Waals surface area contributed by atoms with Gasteiger partial charge in [0.1, 0.15) is 6.61 Å². The number of aryl methyl sites for hydroxylation is 2. The van der Waals surface area contributed by atoms with Crippen LogP contribution in [0.1, 0.15) is 23.1 Å². The molecule has 0 saturated carbocycles. The van der Waals surface area contributed by atoms with Crippen molar-refractivity contribution in [1.82, 2.24) is 4.98 Å². The molecule has 0 aliphatic heterocycles. The van der Waals surface area contributed by atoms with Crippen molar-refractivity contribution in [2.24, 2.45) is 0 Å². The Balaban J connectivity index is 1.56. The summed E-state index contributed by atoms with van der Waals surface area (Å²) in [5.74, 6) is 0.950. The van der Waals surface area contributed by atoms with Crippen molar-refractivity contribution in [3.05, 3.63) is 89.6 Å². The third-order valence-corrected chi connectivity index (χ3v) is 4.03. The molecular formula is C22H22N2O2. The molecule has 2 aromatic carbocycles. The van der Waals surface area contributed by atoms with Crippen LogP contribution >= 0.6 is 0 Å². The number of anilines is 1. The predicted octanol–water partition coefficient (Wildman–Crippen LogP) is 4.54. The molecule has 1 amide bonds. The van der Waals surface area contributed by atoms with Crippen LogP contribution in [0.3, 0.4) is 0 Å². The van der Waals surface area contributed by atoms with Gasteiger partial charge in [-0.3, -0.25) is 4.79 Å². The zero-order valence-electron chi connectivity index (χ0n) is 14.8. The zero-order chi connectivity index (χ0) is 18.2. The number of nitrogens with zero attached hydrogens (tertiary/aromatic N) is 1.